The van der Waals surface area contributed by atoms with Crippen molar-refractivity contribution in [2.75, 3.05) is 33.0 Å². The number of esters is 1. The van der Waals surface area contributed by atoms with Crippen LogP contribution in [-0.4, -0.2) is 44.8 Å². The van der Waals surface area contributed by atoms with Crippen LogP contribution >= 0.6 is 0 Å². The number of morpholine rings is 1. The van der Waals surface area contributed by atoms with E-state index < -0.39 is 5.97 Å². The minimum absolute atomic E-state index is 0.000921. The molecule has 0 aliphatic carbocycles. The molecule has 0 bridgehead atoms. The highest BCUT2D eigenvalue weighted by Gasteiger charge is 2.38. The Labute approximate surface area is 206 Å². The maximum atomic E-state index is 13.1. The van der Waals surface area contributed by atoms with Crippen molar-refractivity contribution >= 4 is 34.2 Å². The molecule has 35 heavy (non-hydrogen) atoms. The van der Waals surface area contributed by atoms with Crippen LogP contribution < -0.4 is 9.91 Å². The number of allylic oxidation sites excluding steroid dienone is 5. The second-order valence-corrected chi connectivity index (χ2v) is 8.04. The van der Waals surface area contributed by atoms with Crippen molar-refractivity contribution in [1.29, 1.82) is 0 Å². The Balaban J connectivity index is 0.00000210. The van der Waals surface area contributed by atoms with Gasteiger partial charge in [0.2, 0.25) is 6.73 Å². The van der Waals surface area contributed by atoms with E-state index in [2.05, 4.69) is 6.58 Å². The molecule has 0 N–H and O–H groups in total. The summed E-state index contributed by atoms with van der Waals surface area (Å²) in [5, 5.41) is 0.473. The van der Waals surface area contributed by atoms with Gasteiger partial charge in [0, 0.05) is 12.0 Å². The zero-order valence-corrected chi connectivity index (χ0v) is 21.2. The van der Waals surface area contributed by atoms with Gasteiger partial charge in [-0.25, -0.2) is 4.48 Å². The Bertz CT molecular complexity index is 1150. The standard InChI is InChI=1S/C26H30NO6.C2H6/c1-4-7-20(8-5-2)21-9-6-10-22-23(29)17-24(33-26(21)22)27(13-15-31-16-14-27)18-32-25(30)12-11-19(3)28;1-2/h4-10,17H,1,11-16,18H2,2-3H3;1-2H3/q+1;/b8-5-,20-7+;. The first-order valence-corrected chi connectivity index (χ1v) is 12.0. The van der Waals surface area contributed by atoms with Crippen molar-refractivity contribution in [3.63, 3.8) is 0 Å². The summed E-state index contributed by atoms with van der Waals surface area (Å²) >= 11 is 0. The predicted molar refractivity (Wildman–Crippen MR) is 140 cm³/mol. The maximum Gasteiger partial charge on any atom is 0.310 e. The molecule has 1 aromatic heterocycles. The summed E-state index contributed by atoms with van der Waals surface area (Å²) in [7, 11) is 0. The molecule has 0 amide bonds. The minimum Gasteiger partial charge on any atom is -0.414 e. The van der Waals surface area contributed by atoms with Crippen LogP contribution in [-0.2, 0) is 19.1 Å². The lowest BCUT2D eigenvalue weighted by Gasteiger charge is -2.37. The molecular weight excluding hydrogens is 446 g/mol. The predicted octanol–water partition coefficient (Wildman–Crippen LogP) is 5.17. The number of fused-ring (bicyclic) bond motifs is 1. The summed E-state index contributed by atoms with van der Waals surface area (Å²) < 4.78 is 17.6. The average molecular weight is 483 g/mol. The van der Waals surface area contributed by atoms with Crippen LogP contribution in [0.1, 0.15) is 46.1 Å². The van der Waals surface area contributed by atoms with Crippen molar-refractivity contribution in [3.05, 3.63) is 70.9 Å². The number of para-hydroxylation sites is 1. The van der Waals surface area contributed by atoms with E-state index in [0.29, 0.717) is 43.2 Å². The Hall–Kier alpha value is -3.29. The zero-order valence-electron chi connectivity index (χ0n) is 21.2. The van der Waals surface area contributed by atoms with Gasteiger partial charge in [0.15, 0.2) is 11.0 Å². The number of carbonyl (C=O) groups is 2. The number of hydrogen-bond donors (Lipinski definition) is 0. The molecule has 2 heterocycles. The molecule has 188 valence electrons. The van der Waals surface area contributed by atoms with Crippen LogP contribution in [0.2, 0.25) is 0 Å². The summed E-state index contributed by atoms with van der Waals surface area (Å²) in [4.78, 5) is 36.5. The SMILES string of the molecule is C=C/C=C(\C=C/C)c1cccc2c(=O)cc([N+]3(COC(=O)CCC(C)=O)CCOCC3)oc12.CC. The quantitative estimate of drug-likeness (QED) is 0.279. The molecule has 3 rings (SSSR count). The molecule has 0 spiro atoms. The zero-order chi connectivity index (χ0) is 25.8. The lowest BCUT2D eigenvalue weighted by atomic mass is 10.0. The van der Waals surface area contributed by atoms with E-state index in [1.165, 1.54) is 13.0 Å². The first-order valence-electron chi connectivity index (χ1n) is 12.0. The first kappa shape index (κ1) is 28.0. The molecule has 0 radical (unpaired) electrons. The largest absolute Gasteiger partial charge is 0.414 e. The van der Waals surface area contributed by atoms with Gasteiger partial charge >= 0.3 is 11.9 Å². The van der Waals surface area contributed by atoms with Crippen LogP contribution in [0.25, 0.3) is 16.5 Å². The Kier molecular flexibility index (Phi) is 10.8. The first-order chi connectivity index (χ1) is 16.9. The van der Waals surface area contributed by atoms with Gasteiger partial charge in [-0.15, -0.1) is 0 Å². The smallest absolute Gasteiger partial charge is 0.310 e. The van der Waals surface area contributed by atoms with Gasteiger partial charge in [0.05, 0.1) is 31.1 Å². The number of ether oxygens (including phenoxy) is 2. The second-order valence-electron chi connectivity index (χ2n) is 8.04. The third-order valence-electron chi connectivity index (χ3n) is 5.65. The van der Waals surface area contributed by atoms with E-state index in [0.717, 1.165) is 11.1 Å². The fourth-order valence-electron chi connectivity index (χ4n) is 3.82. The number of nitrogens with zero attached hydrogens (tertiary/aromatic N) is 1. The van der Waals surface area contributed by atoms with Gasteiger partial charge in [-0.3, -0.25) is 9.59 Å². The number of hydrogen-bond acceptors (Lipinski definition) is 6. The Morgan fingerprint density at radius 2 is 1.89 bits per heavy atom. The van der Waals surface area contributed by atoms with Crippen molar-refractivity contribution < 1.29 is 23.5 Å². The monoisotopic (exact) mass is 482 g/mol. The molecule has 1 aliphatic rings. The van der Waals surface area contributed by atoms with Crippen molar-refractivity contribution in [3.8, 4) is 0 Å². The summed E-state index contributed by atoms with van der Waals surface area (Å²) in [6.07, 6.45) is 7.55. The Morgan fingerprint density at radius 1 is 1.17 bits per heavy atom. The number of rotatable bonds is 9. The molecule has 0 atom stereocenters. The lowest BCUT2D eigenvalue weighted by Crippen LogP contribution is -2.58. The van der Waals surface area contributed by atoms with E-state index in [9.17, 15) is 14.4 Å². The van der Waals surface area contributed by atoms with E-state index in [4.69, 9.17) is 13.9 Å². The van der Waals surface area contributed by atoms with Gasteiger partial charge in [0.25, 0.3) is 0 Å². The summed E-state index contributed by atoms with van der Waals surface area (Å²) in [5.74, 6) is -0.108. The number of carbonyl (C=O) groups excluding carboxylic acids is 2. The number of benzene rings is 1. The van der Waals surface area contributed by atoms with Crippen molar-refractivity contribution in [2.45, 2.75) is 40.5 Å². The highest BCUT2D eigenvalue weighted by Crippen LogP contribution is 2.31. The van der Waals surface area contributed by atoms with Crippen LogP contribution in [0.3, 0.4) is 0 Å². The molecule has 7 nitrogen and oxygen atoms in total. The summed E-state index contributed by atoms with van der Waals surface area (Å²) in [6, 6.07) is 6.94. The van der Waals surface area contributed by atoms with Crippen LogP contribution in [0.15, 0.2) is 64.4 Å². The molecule has 1 aliphatic heterocycles. The number of quaternary nitrogens is 1. The van der Waals surface area contributed by atoms with Gasteiger partial charge < -0.3 is 18.7 Å². The molecule has 0 unspecified atom stereocenters. The van der Waals surface area contributed by atoms with Gasteiger partial charge in [-0.1, -0.05) is 56.9 Å². The molecule has 7 heteroatoms. The minimum atomic E-state index is -0.456. The fraction of sp³-hybridized carbons (Fsp3) is 0.393. The Morgan fingerprint density at radius 3 is 2.51 bits per heavy atom. The lowest BCUT2D eigenvalue weighted by molar-refractivity contribution is -0.151. The summed E-state index contributed by atoms with van der Waals surface area (Å²) in [5.41, 5.74) is 1.94. The average Bonchev–Trinajstić information content (AvgIpc) is 2.87. The van der Waals surface area contributed by atoms with Gasteiger partial charge in [-0.05, 0) is 25.5 Å². The second kappa shape index (κ2) is 13.6. The maximum absolute atomic E-state index is 13.1. The fourth-order valence-corrected chi connectivity index (χ4v) is 3.82. The third-order valence-corrected chi connectivity index (χ3v) is 5.65. The van der Waals surface area contributed by atoms with Gasteiger partial charge in [0.1, 0.15) is 18.9 Å². The third kappa shape index (κ3) is 7.10. The molecule has 1 saturated heterocycles. The molecule has 0 saturated carbocycles. The van der Waals surface area contributed by atoms with E-state index in [1.807, 2.05) is 51.1 Å². The van der Waals surface area contributed by atoms with Crippen LogP contribution in [0.4, 0.5) is 5.88 Å². The molecule has 1 fully saturated rings. The van der Waals surface area contributed by atoms with Gasteiger partial charge in [-0.2, -0.15) is 0 Å². The highest BCUT2D eigenvalue weighted by atomic mass is 16.6. The number of Topliss-reactive ketones (excluding diaryl/α,β-unsaturated/α-hetero) is 1. The van der Waals surface area contributed by atoms with E-state index in [-0.39, 0.29) is 35.3 Å². The topological polar surface area (TPSA) is 82.8 Å². The normalized spacial score (nSPS) is 15.4. The molecule has 2 aromatic rings. The van der Waals surface area contributed by atoms with Crippen LogP contribution in [0.5, 0.6) is 0 Å². The summed E-state index contributed by atoms with van der Waals surface area (Å²) in [6.45, 7) is 13.0. The molecular formula is C28H36NO6+. The van der Waals surface area contributed by atoms with E-state index in [1.54, 1.807) is 12.1 Å². The molecule has 1 aromatic carbocycles. The van der Waals surface area contributed by atoms with Crippen LogP contribution in [0, 0.1) is 0 Å². The van der Waals surface area contributed by atoms with Crippen molar-refractivity contribution in [2.24, 2.45) is 0 Å². The van der Waals surface area contributed by atoms with E-state index >= 15 is 0 Å². The van der Waals surface area contributed by atoms with Crippen molar-refractivity contribution in [1.82, 2.24) is 4.48 Å². The highest BCUT2D eigenvalue weighted by molar-refractivity contribution is 5.93. The number of ketones is 1.